The van der Waals surface area contributed by atoms with E-state index in [2.05, 4.69) is 0 Å². The van der Waals surface area contributed by atoms with Gasteiger partial charge in [0, 0.05) is 17.3 Å². The van der Waals surface area contributed by atoms with Crippen molar-refractivity contribution in [3.05, 3.63) is 35.6 Å². The van der Waals surface area contributed by atoms with Crippen LogP contribution in [0.2, 0.25) is 0 Å². The highest BCUT2D eigenvalue weighted by atomic mass is 16.5. The molecule has 0 saturated heterocycles. The summed E-state index contributed by atoms with van der Waals surface area (Å²) in [4.78, 5) is 10.9. The number of carbonyl (C=O) groups is 1. The average molecular weight is 151 g/mol. The lowest BCUT2D eigenvalue weighted by molar-refractivity contribution is -0.113. The van der Waals surface area contributed by atoms with Crippen molar-refractivity contribution in [2.24, 2.45) is 0 Å². The molecule has 1 rings (SSSR count). The SMILES string of the molecule is CC(=O)C1=CC=C/C1=C\NO. The number of carbonyl (C=O) groups excluding carboxylic acids is 1. The van der Waals surface area contributed by atoms with Crippen LogP contribution in [-0.2, 0) is 4.79 Å². The Labute approximate surface area is 64.7 Å². The molecule has 1 aliphatic rings. The molecule has 0 atom stereocenters. The van der Waals surface area contributed by atoms with Crippen LogP contribution in [0.1, 0.15) is 6.92 Å². The molecule has 0 amide bonds. The summed E-state index contributed by atoms with van der Waals surface area (Å²) in [5.74, 6) is -0.00324. The largest absolute Gasteiger partial charge is 0.294 e. The third-order valence-electron chi connectivity index (χ3n) is 1.45. The molecule has 1 aliphatic carbocycles. The highest BCUT2D eigenvalue weighted by Crippen LogP contribution is 2.17. The van der Waals surface area contributed by atoms with E-state index in [1.54, 1.807) is 18.2 Å². The maximum Gasteiger partial charge on any atom is 0.160 e. The van der Waals surface area contributed by atoms with Crippen molar-refractivity contribution in [1.82, 2.24) is 5.48 Å². The fraction of sp³-hybridized carbons (Fsp3) is 0.125. The number of hydroxylamine groups is 1. The van der Waals surface area contributed by atoms with E-state index >= 15 is 0 Å². The number of allylic oxidation sites excluding steroid dienone is 5. The van der Waals surface area contributed by atoms with E-state index in [-0.39, 0.29) is 5.78 Å². The zero-order valence-electron chi connectivity index (χ0n) is 6.16. The Hall–Kier alpha value is -1.35. The highest BCUT2D eigenvalue weighted by molar-refractivity contribution is 5.99. The summed E-state index contributed by atoms with van der Waals surface area (Å²) in [6.07, 6.45) is 6.60. The first kappa shape index (κ1) is 7.75. The van der Waals surface area contributed by atoms with Crippen molar-refractivity contribution in [2.45, 2.75) is 6.92 Å². The molecular formula is C8H9NO2. The molecule has 3 heteroatoms. The molecule has 0 spiro atoms. The lowest BCUT2D eigenvalue weighted by Crippen LogP contribution is -2.01. The van der Waals surface area contributed by atoms with Crippen LogP contribution in [-0.4, -0.2) is 11.0 Å². The molecule has 0 aliphatic heterocycles. The molecule has 0 fully saturated rings. The molecular weight excluding hydrogens is 142 g/mol. The first-order chi connectivity index (χ1) is 5.25. The van der Waals surface area contributed by atoms with Gasteiger partial charge in [0.25, 0.3) is 0 Å². The van der Waals surface area contributed by atoms with E-state index in [1.165, 1.54) is 13.1 Å². The second-order valence-electron chi connectivity index (χ2n) is 2.22. The Morgan fingerprint density at radius 3 is 3.00 bits per heavy atom. The van der Waals surface area contributed by atoms with Crippen LogP contribution in [0.15, 0.2) is 35.6 Å². The lowest BCUT2D eigenvalue weighted by Gasteiger charge is -1.98. The minimum Gasteiger partial charge on any atom is -0.294 e. The maximum absolute atomic E-state index is 10.9. The number of rotatable bonds is 2. The standard InChI is InChI=1S/C8H9NO2/c1-6(10)8-4-2-3-7(8)5-9-11/h2-5,9,11H,1H3/b7-5+. The van der Waals surface area contributed by atoms with Gasteiger partial charge in [-0.2, -0.15) is 0 Å². The molecule has 0 aromatic carbocycles. The van der Waals surface area contributed by atoms with Crippen molar-refractivity contribution in [1.29, 1.82) is 0 Å². The fourth-order valence-corrected chi connectivity index (χ4v) is 0.950. The summed E-state index contributed by atoms with van der Waals surface area (Å²) in [7, 11) is 0. The molecule has 0 heterocycles. The molecule has 0 unspecified atom stereocenters. The zero-order chi connectivity index (χ0) is 8.27. The summed E-state index contributed by atoms with van der Waals surface area (Å²) >= 11 is 0. The summed E-state index contributed by atoms with van der Waals surface area (Å²) < 4.78 is 0. The normalized spacial score (nSPS) is 18.7. The van der Waals surface area contributed by atoms with Crippen LogP contribution >= 0.6 is 0 Å². The molecule has 0 radical (unpaired) electrons. The lowest BCUT2D eigenvalue weighted by atomic mass is 10.1. The van der Waals surface area contributed by atoms with Gasteiger partial charge in [-0.1, -0.05) is 18.2 Å². The van der Waals surface area contributed by atoms with Gasteiger partial charge >= 0.3 is 0 Å². The highest BCUT2D eigenvalue weighted by Gasteiger charge is 2.09. The molecule has 2 N–H and O–H groups in total. The number of hydrogen-bond acceptors (Lipinski definition) is 3. The first-order valence-corrected chi connectivity index (χ1v) is 3.25. The monoisotopic (exact) mass is 151 g/mol. The van der Waals surface area contributed by atoms with Gasteiger partial charge in [0.15, 0.2) is 5.78 Å². The Morgan fingerprint density at radius 2 is 2.45 bits per heavy atom. The Balaban J connectivity index is 2.85. The number of nitrogens with one attached hydrogen (secondary N) is 1. The second kappa shape index (κ2) is 3.16. The summed E-state index contributed by atoms with van der Waals surface area (Å²) in [6.45, 7) is 1.49. The van der Waals surface area contributed by atoms with Crippen molar-refractivity contribution in [3.8, 4) is 0 Å². The molecule has 0 bridgehead atoms. The van der Waals surface area contributed by atoms with Gasteiger partial charge in [-0.25, -0.2) is 0 Å². The van der Waals surface area contributed by atoms with E-state index in [1.807, 2.05) is 5.48 Å². The molecule has 0 aromatic rings. The van der Waals surface area contributed by atoms with Crippen LogP contribution in [0, 0.1) is 0 Å². The van der Waals surface area contributed by atoms with E-state index in [9.17, 15) is 4.79 Å². The molecule has 58 valence electrons. The number of ketones is 1. The van der Waals surface area contributed by atoms with Crippen LogP contribution in [0.4, 0.5) is 0 Å². The van der Waals surface area contributed by atoms with Gasteiger partial charge in [-0.05, 0) is 6.92 Å². The summed E-state index contributed by atoms with van der Waals surface area (Å²) in [5.41, 5.74) is 3.21. The van der Waals surface area contributed by atoms with E-state index in [0.29, 0.717) is 11.1 Å². The first-order valence-electron chi connectivity index (χ1n) is 3.25. The summed E-state index contributed by atoms with van der Waals surface area (Å²) in [6, 6.07) is 0. The van der Waals surface area contributed by atoms with Crippen LogP contribution in [0.3, 0.4) is 0 Å². The molecule has 3 nitrogen and oxygen atoms in total. The van der Waals surface area contributed by atoms with Crippen LogP contribution in [0.25, 0.3) is 0 Å². The fourth-order valence-electron chi connectivity index (χ4n) is 0.950. The van der Waals surface area contributed by atoms with E-state index < -0.39 is 0 Å². The summed E-state index contributed by atoms with van der Waals surface area (Å²) in [5, 5.41) is 8.33. The minimum atomic E-state index is -0.00324. The third-order valence-corrected chi connectivity index (χ3v) is 1.45. The van der Waals surface area contributed by atoms with Gasteiger partial charge in [-0.15, -0.1) is 0 Å². The maximum atomic E-state index is 10.9. The second-order valence-corrected chi connectivity index (χ2v) is 2.22. The van der Waals surface area contributed by atoms with Gasteiger partial charge in [0.05, 0.1) is 0 Å². The van der Waals surface area contributed by atoms with E-state index in [0.717, 1.165) is 0 Å². The third kappa shape index (κ3) is 1.56. The minimum absolute atomic E-state index is 0.00324. The zero-order valence-corrected chi connectivity index (χ0v) is 6.16. The van der Waals surface area contributed by atoms with Crippen molar-refractivity contribution in [2.75, 3.05) is 0 Å². The quantitative estimate of drug-likeness (QED) is 0.577. The smallest absolute Gasteiger partial charge is 0.160 e. The number of hydrogen-bond donors (Lipinski definition) is 2. The molecule has 11 heavy (non-hydrogen) atoms. The average Bonchev–Trinajstić information content (AvgIpc) is 2.36. The Morgan fingerprint density at radius 1 is 1.73 bits per heavy atom. The molecule has 0 saturated carbocycles. The van der Waals surface area contributed by atoms with Crippen LogP contribution in [0.5, 0.6) is 0 Å². The van der Waals surface area contributed by atoms with Crippen LogP contribution < -0.4 is 5.48 Å². The van der Waals surface area contributed by atoms with Crippen molar-refractivity contribution in [3.63, 3.8) is 0 Å². The predicted octanol–water partition coefficient (Wildman–Crippen LogP) is 0.934. The molecule has 0 aromatic heterocycles. The predicted molar refractivity (Wildman–Crippen MR) is 40.9 cm³/mol. The van der Waals surface area contributed by atoms with E-state index in [4.69, 9.17) is 5.21 Å². The number of Topliss-reactive ketones (excluding diaryl/α,β-unsaturated/α-hetero) is 1. The van der Waals surface area contributed by atoms with Gasteiger partial charge in [0.2, 0.25) is 0 Å². The van der Waals surface area contributed by atoms with Gasteiger partial charge in [0.1, 0.15) is 0 Å². The van der Waals surface area contributed by atoms with Gasteiger partial charge < -0.3 is 0 Å². The van der Waals surface area contributed by atoms with Crippen molar-refractivity contribution < 1.29 is 10.0 Å². The van der Waals surface area contributed by atoms with Crippen molar-refractivity contribution >= 4 is 5.78 Å². The Bertz CT molecular complexity index is 261. The van der Waals surface area contributed by atoms with Gasteiger partial charge in [-0.3, -0.25) is 15.5 Å². The Kier molecular flexibility index (Phi) is 2.23. The topological polar surface area (TPSA) is 49.3 Å².